The van der Waals surface area contributed by atoms with Gasteiger partial charge in [-0.1, -0.05) is 31.2 Å². The van der Waals surface area contributed by atoms with Gasteiger partial charge in [-0.15, -0.1) is 0 Å². The molecule has 0 aromatic heterocycles. The van der Waals surface area contributed by atoms with Gasteiger partial charge >= 0.3 is 0 Å². The SMILES string of the molecule is CCC(Oc1ccccc1)C(=O)Nc1cccc(C(=O)NC(C)(C)C)c1. The predicted molar refractivity (Wildman–Crippen MR) is 103 cm³/mol. The second-order valence-corrected chi connectivity index (χ2v) is 7.10. The van der Waals surface area contributed by atoms with E-state index in [1.165, 1.54) is 0 Å². The lowest BCUT2D eigenvalue weighted by molar-refractivity contribution is -0.122. The van der Waals surface area contributed by atoms with Crippen molar-refractivity contribution in [3.8, 4) is 5.75 Å². The van der Waals surface area contributed by atoms with E-state index in [9.17, 15) is 9.59 Å². The smallest absolute Gasteiger partial charge is 0.265 e. The number of hydrogen-bond donors (Lipinski definition) is 2. The van der Waals surface area contributed by atoms with Crippen molar-refractivity contribution in [3.63, 3.8) is 0 Å². The normalized spacial score (nSPS) is 12.2. The van der Waals surface area contributed by atoms with Crippen LogP contribution in [0.4, 0.5) is 5.69 Å². The van der Waals surface area contributed by atoms with E-state index in [0.717, 1.165) is 0 Å². The van der Waals surface area contributed by atoms with E-state index >= 15 is 0 Å². The van der Waals surface area contributed by atoms with Gasteiger partial charge in [0.15, 0.2) is 6.10 Å². The number of ether oxygens (including phenoxy) is 1. The summed E-state index contributed by atoms with van der Waals surface area (Å²) in [6.45, 7) is 7.65. The van der Waals surface area contributed by atoms with Gasteiger partial charge in [0.1, 0.15) is 5.75 Å². The van der Waals surface area contributed by atoms with Gasteiger partial charge in [-0.3, -0.25) is 9.59 Å². The van der Waals surface area contributed by atoms with Crippen molar-refractivity contribution in [2.75, 3.05) is 5.32 Å². The Labute approximate surface area is 154 Å². The highest BCUT2D eigenvalue weighted by molar-refractivity contribution is 5.98. The summed E-state index contributed by atoms with van der Waals surface area (Å²) in [5.41, 5.74) is 0.731. The van der Waals surface area contributed by atoms with Crippen LogP contribution < -0.4 is 15.4 Å². The lowest BCUT2D eigenvalue weighted by Crippen LogP contribution is -2.40. The number of carbonyl (C=O) groups is 2. The second-order valence-electron chi connectivity index (χ2n) is 7.10. The lowest BCUT2D eigenvalue weighted by Gasteiger charge is -2.21. The maximum atomic E-state index is 12.5. The van der Waals surface area contributed by atoms with Crippen molar-refractivity contribution in [1.29, 1.82) is 0 Å². The van der Waals surface area contributed by atoms with Crippen molar-refractivity contribution in [1.82, 2.24) is 5.32 Å². The van der Waals surface area contributed by atoms with Gasteiger partial charge in [0, 0.05) is 16.8 Å². The van der Waals surface area contributed by atoms with Crippen LogP contribution in [-0.2, 0) is 4.79 Å². The predicted octanol–water partition coefficient (Wildman–Crippen LogP) is 4.01. The lowest BCUT2D eigenvalue weighted by atomic mass is 10.1. The standard InChI is InChI=1S/C21H26N2O3/c1-5-18(26-17-12-7-6-8-13-17)20(25)22-16-11-9-10-15(14-16)19(24)23-21(2,3)4/h6-14,18H,5H2,1-4H3,(H,22,25)(H,23,24). The van der Waals surface area contributed by atoms with Crippen LogP contribution in [0, 0.1) is 0 Å². The van der Waals surface area contributed by atoms with Gasteiger partial charge in [-0.25, -0.2) is 0 Å². The number of benzene rings is 2. The summed E-state index contributed by atoms with van der Waals surface area (Å²) in [5, 5.41) is 5.73. The molecule has 1 unspecified atom stereocenters. The van der Waals surface area contributed by atoms with Gasteiger partial charge < -0.3 is 15.4 Å². The third kappa shape index (κ3) is 5.92. The largest absolute Gasteiger partial charge is 0.481 e. The summed E-state index contributed by atoms with van der Waals surface area (Å²) in [5.74, 6) is 0.221. The van der Waals surface area contributed by atoms with Crippen LogP contribution in [0.2, 0.25) is 0 Å². The van der Waals surface area contributed by atoms with Crippen LogP contribution in [0.15, 0.2) is 54.6 Å². The van der Waals surface area contributed by atoms with Crippen LogP contribution in [-0.4, -0.2) is 23.5 Å². The molecule has 2 rings (SSSR count). The van der Waals surface area contributed by atoms with E-state index in [4.69, 9.17) is 4.74 Å². The minimum atomic E-state index is -0.607. The number of hydrogen-bond acceptors (Lipinski definition) is 3. The first-order chi connectivity index (χ1) is 12.3. The molecule has 2 aromatic rings. The van der Waals surface area contributed by atoms with Gasteiger partial charge in [0.25, 0.3) is 11.8 Å². The third-order valence-electron chi connectivity index (χ3n) is 3.57. The maximum absolute atomic E-state index is 12.5. The molecular weight excluding hydrogens is 328 g/mol. The summed E-state index contributed by atoms with van der Waals surface area (Å²) in [4.78, 5) is 24.8. The quantitative estimate of drug-likeness (QED) is 0.823. The molecule has 5 nitrogen and oxygen atoms in total. The van der Waals surface area contributed by atoms with Crippen LogP contribution in [0.5, 0.6) is 5.75 Å². The van der Waals surface area contributed by atoms with Gasteiger partial charge in [-0.05, 0) is 57.5 Å². The molecule has 0 aliphatic carbocycles. The summed E-state index contributed by atoms with van der Waals surface area (Å²) in [7, 11) is 0. The zero-order valence-electron chi connectivity index (χ0n) is 15.7. The van der Waals surface area contributed by atoms with Crippen molar-refractivity contribution in [2.45, 2.75) is 45.8 Å². The second kappa shape index (κ2) is 8.52. The molecule has 0 aliphatic rings. The Balaban J connectivity index is 2.06. The maximum Gasteiger partial charge on any atom is 0.265 e. The Bertz CT molecular complexity index is 751. The van der Waals surface area contributed by atoms with Crippen molar-refractivity contribution in [2.24, 2.45) is 0 Å². The van der Waals surface area contributed by atoms with Crippen LogP contribution in [0.3, 0.4) is 0 Å². The van der Waals surface area contributed by atoms with Crippen LogP contribution in [0.1, 0.15) is 44.5 Å². The molecule has 138 valence electrons. The van der Waals surface area contributed by atoms with E-state index in [1.807, 2.05) is 58.0 Å². The first kappa shape index (κ1) is 19.5. The Hall–Kier alpha value is -2.82. The van der Waals surface area contributed by atoms with Crippen molar-refractivity contribution >= 4 is 17.5 Å². The number of carbonyl (C=O) groups excluding carboxylic acids is 2. The average molecular weight is 354 g/mol. The Kier molecular flexibility index (Phi) is 6.39. The van der Waals surface area contributed by atoms with Gasteiger partial charge in [0.2, 0.25) is 0 Å². The van der Waals surface area contributed by atoms with E-state index in [0.29, 0.717) is 23.4 Å². The molecule has 0 radical (unpaired) electrons. The first-order valence-electron chi connectivity index (χ1n) is 8.73. The molecule has 26 heavy (non-hydrogen) atoms. The van der Waals surface area contributed by atoms with Crippen molar-refractivity contribution in [3.05, 3.63) is 60.2 Å². The molecule has 0 saturated heterocycles. The number of anilines is 1. The summed E-state index contributed by atoms with van der Waals surface area (Å²) in [6, 6.07) is 16.1. The average Bonchev–Trinajstić information content (AvgIpc) is 2.59. The van der Waals surface area contributed by atoms with E-state index in [-0.39, 0.29) is 17.4 Å². The molecule has 2 amide bonds. The molecule has 0 spiro atoms. The number of amides is 2. The molecule has 0 heterocycles. The fourth-order valence-electron chi connectivity index (χ4n) is 2.36. The zero-order chi connectivity index (χ0) is 19.2. The van der Waals surface area contributed by atoms with Gasteiger partial charge in [0.05, 0.1) is 0 Å². The Morgan fingerprint density at radius 3 is 2.35 bits per heavy atom. The summed E-state index contributed by atoms with van der Waals surface area (Å²) in [6.07, 6.45) is -0.0743. The minimum Gasteiger partial charge on any atom is -0.481 e. The molecule has 0 saturated carbocycles. The molecule has 1 atom stereocenters. The van der Waals surface area contributed by atoms with E-state index in [2.05, 4.69) is 10.6 Å². The van der Waals surface area contributed by atoms with Crippen LogP contribution in [0.25, 0.3) is 0 Å². The molecule has 0 bridgehead atoms. The topological polar surface area (TPSA) is 67.4 Å². The fraction of sp³-hybridized carbons (Fsp3) is 0.333. The zero-order valence-corrected chi connectivity index (χ0v) is 15.7. The molecule has 2 aromatic carbocycles. The molecule has 0 aliphatic heterocycles. The number of rotatable bonds is 6. The molecule has 0 fully saturated rings. The Morgan fingerprint density at radius 2 is 1.73 bits per heavy atom. The summed E-state index contributed by atoms with van der Waals surface area (Å²) >= 11 is 0. The molecule has 5 heteroatoms. The third-order valence-corrected chi connectivity index (χ3v) is 3.57. The fourth-order valence-corrected chi connectivity index (χ4v) is 2.36. The number of nitrogens with one attached hydrogen (secondary N) is 2. The van der Waals surface area contributed by atoms with Crippen LogP contribution >= 0.6 is 0 Å². The van der Waals surface area contributed by atoms with Crippen molar-refractivity contribution < 1.29 is 14.3 Å². The van der Waals surface area contributed by atoms with E-state index in [1.54, 1.807) is 24.3 Å². The molecular formula is C21H26N2O3. The van der Waals surface area contributed by atoms with E-state index < -0.39 is 6.10 Å². The monoisotopic (exact) mass is 354 g/mol. The molecule has 2 N–H and O–H groups in total. The highest BCUT2D eigenvalue weighted by Gasteiger charge is 2.20. The minimum absolute atomic E-state index is 0.179. The highest BCUT2D eigenvalue weighted by Crippen LogP contribution is 2.16. The first-order valence-corrected chi connectivity index (χ1v) is 8.73. The number of para-hydroxylation sites is 1. The highest BCUT2D eigenvalue weighted by atomic mass is 16.5. The summed E-state index contributed by atoms with van der Waals surface area (Å²) < 4.78 is 5.75. The van der Waals surface area contributed by atoms with Gasteiger partial charge in [-0.2, -0.15) is 0 Å². The Morgan fingerprint density at radius 1 is 1.04 bits per heavy atom.